The van der Waals surface area contributed by atoms with Crippen LogP contribution in [0, 0.1) is 0 Å². The van der Waals surface area contributed by atoms with Crippen molar-refractivity contribution in [2.45, 2.75) is 89.2 Å². The lowest BCUT2D eigenvalue weighted by molar-refractivity contribution is -0.143. The molecule has 0 aliphatic carbocycles. The fourth-order valence-corrected chi connectivity index (χ4v) is 4.78. The fraction of sp³-hybridized carbons (Fsp3) is 0.625. The van der Waals surface area contributed by atoms with Gasteiger partial charge in [-0.25, -0.2) is 0 Å². The maximum absolute atomic E-state index is 12.0. The van der Waals surface area contributed by atoms with Gasteiger partial charge in [-0.15, -0.1) is 6.58 Å². The zero-order valence-corrected chi connectivity index (χ0v) is 20.6. The van der Waals surface area contributed by atoms with E-state index in [0.717, 1.165) is 5.56 Å². The highest BCUT2D eigenvalue weighted by molar-refractivity contribution is 6.74. The van der Waals surface area contributed by atoms with Crippen LogP contribution in [0.15, 0.2) is 43.0 Å². The van der Waals surface area contributed by atoms with Crippen LogP contribution in [-0.2, 0) is 23.4 Å². The largest absolute Gasteiger partial charge is 0.469 e. The van der Waals surface area contributed by atoms with E-state index in [0.29, 0.717) is 12.8 Å². The van der Waals surface area contributed by atoms with Crippen molar-refractivity contribution >= 4 is 14.3 Å². The van der Waals surface area contributed by atoms with E-state index in [2.05, 4.69) is 40.4 Å². The summed E-state index contributed by atoms with van der Waals surface area (Å²) >= 11 is 0. The first-order valence-corrected chi connectivity index (χ1v) is 13.6. The Kier molecular flexibility index (Phi) is 8.07. The van der Waals surface area contributed by atoms with Gasteiger partial charge in [0.2, 0.25) is 0 Å². The second-order valence-electron chi connectivity index (χ2n) is 9.78. The molecule has 6 heteroatoms. The van der Waals surface area contributed by atoms with Gasteiger partial charge in [-0.1, -0.05) is 57.2 Å². The molecular weight excluding hydrogens is 396 g/mol. The number of hydrogen-bond donors (Lipinski definition) is 0. The Labute approximate surface area is 182 Å². The Morgan fingerprint density at radius 2 is 1.93 bits per heavy atom. The van der Waals surface area contributed by atoms with Crippen molar-refractivity contribution in [3.63, 3.8) is 0 Å². The Bertz CT molecular complexity index is 712. The predicted molar refractivity (Wildman–Crippen MR) is 122 cm³/mol. The molecule has 0 amide bonds. The zero-order valence-electron chi connectivity index (χ0n) is 19.6. The van der Waals surface area contributed by atoms with Gasteiger partial charge in [-0.05, 0) is 37.9 Å². The van der Waals surface area contributed by atoms with Crippen LogP contribution in [0.1, 0.15) is 58.8 Å². The van der Waals surface area contributed by atoms with Gasteiger partial charge in [0.1, 0.15) is 6.10 Å². The highest BCUT2D eigenvalue weighted by Crippen LogP contribution is 2.43. The number of esters is 1. The summed E-state index contributed by atoms with van der Waals surface area (Å²) in [5.41, 5.74) is 0.435. The standard InChI is InChI=1S/C24H38O5Si/c1-9-20-24(5,28-22(27-20)18-13-11-10-12-14-18)16-15-19(17-21(25)26-6)29-30(7,8)23(2,3)4/h9-14,19-20,22H,1,15-17H2,2-8H3/t19-,20+,22+,24-/m1/s1. The minimum Gasteiger partial charge on any atom is -0.469 e. The SMILES string of the molecule is C=C[C@@H]1O[C@H](c2ccccc2)O[C@]1(C)CC[C@H](CC(=O)OC)O[Si](C)(C)C(C)(C)C. The zero-order chi connectivity index (χ0) is 22.6. The molecule has 1 aliphatic rings. The quantitative estimate of drug-likeness (QED) is 0.280. The van der Waals surface area contributed by atoms with Gasteiger partial charge in [-0.2, -0.15) is 0 Å². The van der Waals surface area contributed by atoms with E-state index in [1.165, 1.54) is 7.11 Å². The van der Waals surface area contributed by atoms with Crippen molar-refractivity contribution in [2.24, 2.45) is 0 Å². The van der Waals surface area contributed by atoms with Gasteiger partial charge >= 0.3 is 5.97 Å². The Morgan fingerprint density at radius 3 is 2.47 bits per heavy atom. The number of ether oxygens (including phenoxy) is 3. The molecule has 0 spiro atoms. The van der Waals surface area contributed by atoms with Crippen LogP contribution < -0.4 is 0 Å². The molecule has 1 saturated heterocycles. The van der Waals surface area contributed by atoms with Crippen LogP contribution in [0.4, 0.5) is 0 Å². The highest BCUT2D eigenvalue weighted by atomic mass is 28.4. The second kappa shape index (κ2) is 9.77. The number of carbonyl (C=O) groups excluding carboxylic acids is 1. The third kappa shape index (κ3) is 6.03. The minimum atomic E-state index is -2.04. The third-order valence-electron chi connectivity index (χ3n) is 6.39. The molecular formula is C24H38O5Si. The molecule has 4 atom stereocenters. The lowest BCUT2D eigenvalue weighted by Crippen LogP contribution is -2.45. The number of methoxy groups -OCH3 is 1. The van der Waals surface area contributed by atoms with E-state index in [1.807, 2.05) is 37.3 Å². The van der Waals surface area contributed by atoms with Gasteiger partial charge in [0.15, 0.2) is 14.6 Å². The molecule has 1 aliphatic heterocycles. The minimum absolute atomic E-state index is 0.0559. The van der Waals surface area contributed by atoms with Crippen LogP contribution in [0.5, 0.6) is 0 Å². The van der Waals surface area contributed by atoms with Crippen molar-refractivity contribution in [2.75, 3.05) is 7.11 Å². The number of rotatable bonds is 9. The van der Waals surface area contributed by atoms with Gasteiger partial charge in [0, 0.05) is 5.56 Å². The van der Waals surface area contributed by atoms with Gasteiger partial charge in [0.05, 0.1) is 25.2 Å². The van der Waals surface area contributed by atoms with Gasteiger partial charge < -0.3 is 18.6 Å². The van der Waals surface area contributed by atoms with Crippen molar-refractivity contribution in [3.05, 3.63) is 48.6 Å². The van der Waals surface area contributed by atoms with E-state index in [4.69, 9.17) is 18.6 Å². The summed E-state index contributed by atoms with van der Waals surface area (Å²) in [7, 11) is -0.624. The molecule has 0 aromatic heterocycles. The first kappa shape index (κ1) is 24.8. The molecule has 1 fully saturated rings. The van der Waals surface area contributed by atoms with E-state index >= 15 is 0 Å². The predicted octanol–water partition coefficient (Wildman–Crippen LogP) is 5.78. The van der Waals surface area contributed by atoms with Crippen LogP contribution >= 0.6 is 0 Å². The number of hydrogen-bond acceptors (Lipinski definition) is 5. The first-order chi connectivity index (χ1) is 13.9. The smallest absolute Gasteiger partial charge is 0.308 e. The summed E-state index contributed by atoms with van der Waals surface area (Å²) in [5.74, 6) is -0.255. The maximum Gasteiger partial charge on any atom is 0.308 e. The molecule has 1 aromatic rings. The average molecular weight is 435 g/mol. The van der Waals surface area contributed by atoms with E-state index in [-0.39, 0.29) is 29.6 Å². The molecule has 0 radical (unpaired) electrons. The molecule has 1 heterocycles. The monoisotopic (exact) mass is 434 g/mol. The molecule has 1 aromatic carbocycles. The van der Waals surface area contributed by atoms with E-state index in [1.54, 1.807) is 6.08 Å². The van der Waals surface area contributed by atoms with Crippen molar-refractivity contribution in [1.29, 1.82) is 0 Å². The molecule has 0 bridgehead atoms. The first-order valence-electron chi connectivity index (χ1n) is 10.7. The summed E-state index contributed by atoms with van der Waals surface area (Å²) < 4.78 is 24.0. The average Bonchev–Trinajstić information content (AvgIpc) is 3.02. The van der Waals surface area contributed by atoms with Crippen molar-refractivity contribution in [3.8, 4) is 0 Å². The molecule has 30 heavy (non-hydrogen) atoms. The summed E-state index contributed by atoms with van der Waals surface area (Å²) in [6, 6.07) is 9.91. The van der Waals surface area contributed by atoms with Crippen LogP contribution in [-0.4, -0.2) is 39.2 Å². The van der Waals surface area contributed by atoms with E-state index < -0.39 is 20.2 Å². The topological polar surface area (TPSA) is 54.0 Å². The summed E-state index contributed by atoms with van der Waals surface area (Å²) in [6.07, 6.45) is 2.50. The van der Waals surface area contributed by atoms with Gasteiger partial charge in [0.25, 0.3) is 0 Å². The molecule has 0 unspecified atom stereocenters. The van der Waals surface area contributed by atoms with Crippen LogP contribution in [0.3, 0.4) is 0 Å². The van der Waals surface area contributed by atoms with Gasteiger partial charge in [-0.3, -0.25) is 4.79 Å². The molecule has 2 rings (SSSR count). The maximum atomic E-state index is 12.0. The second-order valence-corrected chi connectivity index (χ2v) is 14.5. The lowest BCUT2D eigenvalue weighted by Gasteiger charge is -2.40. The van der Waals surface area contributed by atoms with Crippen molar-refractivity contribution < 1.29 is 23.4 Å². The molecule has 0 saturated carbocycles. The Hall–Kier alpha value is -1.47. The van der Waals surface area contributed by atoms with E-state index in [9.17, 15) is 4.79 Å². The van der Waals surface area contributed by atoms with Crippen molar-refractivity contribution in [1.82, 2.24) is 0 Å². The molecule has 168 valence electrons. The molecule has 5 nitrogen and oxygen atoms in total. The Morgan fingerprint density at radius 1 is 1.30 bits per heavy atom. The Balaban J connectivity index is 2.13. The normalized spacial score (nSPS) is 25.7. The summed E-state index contributed by atoms with van der Waals surface area (Å²) in [5, 5.41) is 0.0559. The number of benzene rings is 1. The van der Waals surface area contributed by atoms with Crippen LogP contribution in [0.2, 0.25) is 18.1 Å². The summed E-state index contributed by atoms with van der Waals surface area (Å²) in [6.45, 7) is 17.0. The number of carbonyl (C=O) groups is 1. The van der Waals surface area contributed by atoms with Crippen LogP contribution in [0.25, 0.3) is 0 Å². The fourth-order valence-electron chi connectivity index (χ4n) is 3.39. The highest BCUT2D eigenvalue weighted by Gasteiger charge is 2.46. The lowest BCUT2D eigenvalue weighted by atomic mass is 9.91. The summed E-state index contributed by atoms with van der Waals surface area (Å²) in [4.78, 5) is 12.0. The third-order valence-corrected chi connectivity index (χ3v) is 10.9. The molecule has 0 N–H and O–H groups in total.